The van der Waals surface area contributed by atoms with Gasteiger partial charge in [-0.25, -0.2) is 18.1 Å². The molecule has 1 heterocycles. The number of pyridine rings is 1. The number of rotatable bonds is 4. The van der Waals surface area contributed by atoms with Gasteiger partial charge in [0.05, 0.1) is 5.60 Å². The van der Waals surface area contributed by atoms with Gasteiger partial charge in [0.15, 0.2) is 0 Å². The molecule has 0 aliphatic rings. The Kier molecular flexibility index (Phi) is 3.83. The molecule has 0 unspecified atom stereocenters. The second-order valence-electron chi connectivity index (χ2n) is 4.13. The summed E-state index contributed by atoms with van der Waals surface area (Å²) < 4.78 is 25.7. The molecule has 1 aromatic heterocycles. The minimum absolute atomic E-state index is 0.0410. The Hall–Kier alpha value is -1.49. The van der Waals surface area contributed by atoms with Crippen molar-refractivity contribution in [3.63, 3.8) is 0 Å². The van der Waals surface area contributed by atoms with E-state index in [2.05, 4.69) is 9.71 Å². The molecule has 92 valence electrons. The van der Waals surface area contributed by atoms with E-state index in [-0.39, 0.29) is 17.1 Å². The molecule has 0 bridgehead atoms. The standard InChI is InChI=1S/C10H13N3O3S/c1-10(2,14)7-13-17(15,16)9-4-3-8(5-11)12-6-9/h3-4,6,13-14H,7H2,1-2H3. The molecule has 0 aliphatic carbocycles. The molecule has 7 heteroatoms. The molecular weight excluding hydrogens is 242 g/mol. The van der Waals surface area contributed by atoms with E-state index < -0.39 is 15.6 Å². The average Bonchev–Trinajstić information content (AvgIpc) is 2.26. The van der Waals surface area contributed by atoms with E-state index >= 15 is 0 Å². The predicted molar refractivity (Wildman–Crippen MR) is 60.4 cm³/mol. The molecule has 6 nitrogen and oxygen atoms in total. The lowest BCUT2D eigenvalue weighted by molar-refractivity contribution is 0.0857. The Morgan fingerprint density at radius 2 is 2.18 bits per heavy atom. The monoisotopic (exact) mass is 255 g/mol. The minimum Gasteiger partial charge on any atom is -0.389 e. The largest absolute Gasteiger partial charge is 0.389 e. The molecule has 0 atom stereocenters. The molecule has 0 saturated heterocycles. The number of nitrogens with one attached hydrogen (secondary N) is 1. The van der Waals surface area contributed by atoms with Crippen LogP contribution in [-0.4, -0.2) is 30.7 Å². The number of sulfonamides is 1. The fraction of sp³-hybridized carbons (Fsp3) is 0.400. The van der Waals surface area contributed by atoms with E-state index in [1.54, 1.807) is 6.07 Å². The van der Waals surface area contributed by atoms with Crippen LogP contribution in [0.25, 0.3) is 0 Å². The Morgan fingerprint density at radius 3 is 2.59 bits per heavy atom. The second kappa shape index (κ2) is 4.79. The molecule has 0 saturated carbocycles. The van der Waals surface area contributed by atoms with Crippen LogP contribution in [0.15, 0.2) is 23.2 Å². The van der Waals surface area contributed by atoms with Crippen molar-refractivity contribution in [1.82, 2.24) is 9.71 Å². The summed E-state index contributed by atoms with van der Waals surface area (Å²) in [5.41, 5.74) is -0.987. The molecule has 2 N–H and O–H groups in total. The third kappa shape index (κ3) is 4.11. The summed E-state index contributed by atoms with van der Waals surface area (Å²) in [5, 5.41) is 18.0. The van der Waals surface area contributed by atoms with Crippen molar-refractivity contribution in [3.05, 3.63) is 24.0 Å². The molecule has 0 radical (unpaired) electrons. The summed E-state index contributed by atoms with van der Waals surface area (Å²) in [6.45, 7) is 2.88. The van der Waals surface area contributed by atoms with Crippen molar-refractivity contribution in [1.29, 1.82) is 5.26 Å². The van der Waals surface area contributed by atoms with Crippen LogP contribution in [0, 0.1) is 11.3 Å². The van der Waals surface area contributed by atoms with E-state index in [0.717, 1.165) is 6.20 Å². The van der Waals surface area contributed by atoms with Crippen molar-refractivity contribution < 1.29 is 13.5 Å². The second-order valence-corrected chi connectivity index (χ2v) is 5.89. The van der Waals surface area contributed by atoms with Crippen molar-refractivity contribution in [2.45, 2.75) is 24.3 Å². The normalized spacial score (nSPS) is 12.1. The topological polar surface area (TPSA) is 103 Å². The van der Waals surface area contributed by atoms with Crippen LogP contribution in [0.2, 0.25) is 0 Å². The first-order chi connectivity index (χ1) is 7.74. The molecule has 0 spiro atoms. The molecule has 0 aromatic carbocycles. The van der Waals surface area contributed by atoms with Gasteiger partial charge in [-0.3, -0.25) is 0 Å². The summed E-state index contributed by atoms with van der Waals surface area (Å²) in [5.74, 6) is 0. The molecular formula is C10H13N3O3S. The first-order valence-electron chi connectivity index (χ1n) is 4.83. The Morgan fingerprint density at radius 1 is 1.53 bits per heavy atom. The lowest BCUT2D eigenvalue weighted by atomic mass is 10.1. The van der Waals surface area contributed by atoms with E-state index in [1.165, 1.54) is 26.0 Å². The maximum atomic E-state index is 11.7. The van der Waals surface area contributed by atoms with Crippen LogP contribution in [0.4, 0.5) is 0 Å². The minimum atomic E-state index is -3.70. The van der Waals surface area contributed by atoms with E-state index in [9.17, 15) is 13.5 Å². The zero-order valence-corrected chi connectivity index (χ0v) is 10.3. The highest BCUT2D eigenvalue weighted by molar-refractivity contribution is 7.89. The van der Waals surface area contributed by atoms with Gasteiger partial charge in [0.2, 0.25) is 10.0 Å². The molecule has 0 aliphatic heterocycles. The molecule has 1 rings (SSSR count). The van der Waals surface area contributed by atoms with Crippen molar-refractivity contribution in [2.75, 3.05) is 6.54 Å². The zero-order chi connectivity index (χ0) is 13.1. The van der Waals surface area contributed by atoms with Gasteiger partial charge in [-0.05, 0) is 26.0 Å². The van der Waals surface area contributed by atoms with Gasteiger partial charge < -0.3 is 5.11 Å². The highest BCUT2D eigenvalue weighted by Crippen LogP contribution is 2.08. The van der Waals surface area contributed by atoms with Gasteiger partial charge in [-0.15, -0.1) is 0 Å². The number of hydrogen-bond acceptors (Lipinski definition) is 5. The SMILES string of the molecule is CC(C)(O)CNS(=O)(=O)c1ccc(C#N)nc1. The number of hydrogen-bond donors (Lipinski definition) is 2. The molecule has 0 amide bonds. The average molecular weight is 255 g/mol. The lowest BCUT2D eigenvalue weighted by Gasteiger charge is -2.17. The quantitative estimate of drug-likeness (QED) is 0.788. The summed E-state index contributed by atoms with van der Waals surface area (Å²) in [6, 6.07) is 4.40. The summed E-state index contributed by atoms with van der Waals surface area (Å²) in [4.78, 5) is 3.62. The Bertz CT molecular complexity index is 523. The summed E-state index contributed by atoms with van der Waals surface area (Å²) >= 11 is 0. The van der Waals surface area contributed by atoms with Gasteiger partial charge in [-0.2, -0.15) is 5.26 Å². The predicted octanol–water partition coefficient (Wildman–Crippen LogP) is 0.00248. The van der Waals surface area contributed by atoms with Gasteiger partial charge in [0.1, 0.15) is 16.7 Å². The van der Waals surface area contributed by atoms with Gasteiger partial charge in [0.25, 0.3) is 0 Å². The van der Waals surface area contributed by atoms with Crippen LogP contribution in [-0.2, 0) is 10.0 Å². The van der Waals surface area contributed by atoms with Crippen molar-refractivity contribution in [2.24, 2.45) is 0 Å². The summed E-state index contributed by atoms with van der Waals surface area (Å²) in [6.07, 6.45) is 1.10. The first-order valence-corrected chi connectivity index (χ1v) is 6.31. The van der Waals surface area contributed by atoms with Crippen LogP contribution in [0.3, 0.4) is 0 Å². The Balaban J connectivity index is 2.87. The van der Waals surface area contributed by atoms with Gasteiger partial charge in [0, 0.05) is 12.7 Å². The van der Waals surface area contributed by atoms with Crippen molar-refractivity contribution >= 4 is 10.0 Å². The zero-order valence-electron chi connectivity index (χ0n) is 9.51. The van der Waals surface area contributed by atoms with Gasteiger partial charge >= 0.3 is 0 Å². The van der Waals surface area contributed by atoms with Crippen LogP contribution in [0.1, 0.15) is 19.5 Å². The molecule has 1 aromatic rings. The maximum Gasteiger partial charge on any atom is 0.242 e. The Labute approximate surface area is 100.0 Å². The fourth-order valence-electron chi connectivity index (χ4n) is 0.960. The highest BCUT2D eigenvalue weighted by atomic mass is 32.2. The van der Waals surface area contributed by atoms with Crippen LogP contribution in [0.5, 0.6) is 0 Å². The number of nitrogens with zero attached hydrogens (tertiary/aromatic N) is 2. The molecule has 0 fully saturated rings. The van der Waals surface area contributed by atoms with E-state index in [1.807, 2.05) is 0 Å². The smallest absolute Gasteiger partial charge is 0.242 e. The summed E-state index contributed by atoms with van der Waals surface area (Å²) in [7, 11) is -3.70. The lowest BCUT2D eigenvalue weighted by Crippen LogP contribution is -2.38. The maximum absolute atomic E-state index is 11.7. The van der Waals surface area contributed by atoms with Crippen molar-refractivity contribution in [3.8, 4) is 6.07 Å². The first kappa shape index (κ1) is 13.6. The third-order valence-corrected chi connectivity index (χ3v) is 3.24. The fourth-order valence-corrected chi connectivity index (χ4v) is 2.11. The number of aliphatic hydroxyl groups is 1. The third-order valence-electron chi connectivity index (χ3n) is 1.86. The van der Waals surface area contributed by atoms with Crippen LogP contribution >= 0.6 is 0 Å². The number of aromatic nitrogens is 1. The van der Waals surface area contributed by atoms with E-state index in [4.69, 9.17) is 5.26 Å². The van der Waals surface area contributed by atoms with Crippen LogP contribution < -0.4 is 4.72 Å². The highest BCUT2D eigenvalue weighted by Gasteiger charge is 2.19. The van der Waals surface area contributed by atoms with Gasteiger partial charge in [-0.1, -0.05) is 0 Å². The van der Waals surface area contributed by atoms with E-state index in [0.29, 0.717) is 0 Å². The molecule has 17 heavy (non-hydrogen) atoms. The number of nitriles is 1.